The van der Waals surface area contributed by atoms with Gasteiger partial charge in [0.25, 0.3) is 0 Å². The van der Waals surface area contributed by atoms with Gasteiger partial charge in [0, 0.05) is 37.2 Å². The lowest BCUT2D eigenvalue weighted by Gasteiger charge is -2.33. The number of hydrogen-bond donors (Lipinski definition) is 2. The molecule has 1 saturated carbocycles. The van der Waals surface area contributed by atoms with Crippen LogP contribution in [0, 0.1) is 0 Å². The zero-order valence-corrected chi connectivity index (χ0v) is 16.2. The molecule has 0 bridgehead atoms. The van der Waals surface area contributed by atoms with Crippen molar-refractivity contribution in [3.63, 3.8) is 0 Å². The quantitative estimate of drug-likeness (QED) is 0.604. The van der Waals surface area contributed by atoms with Crippen LogP contribution in [0.15, 0.2) is 24.3 Å². The molecule has 0 aromatic heterocycles. The van der Waals surface area contributed by atoms with Crippen LogP contribution in [-0.2, 0) is 9.59 Å². The first-order valence-electron chi connectivity index (χ1n) is 9.47. The van der Waals surface area contributed by atoms with E-state index in [1.54, 1.807) is 24.3 Å². The van der Waals surface area contributed by atoms with Crippen LogP contribution in [0.4, 0.5) is 0 Å². The first-order chi connectivity index (χ1) is 13.1. The van der Waals surface area contributed by atoms with Crippen molar-refractivity contribution < 1.29 is 14.3 Å². The first-order valence-corrected chi connectivity index (χ1v) is 9.85. The second-order valence-electron chi connectivity index (χ2n) is 7.05. The van der Waals surface area contributed by atoms with Crippen LogP contribution in [0.5, 0.6) is 5.75 Å². The molecule has 1 saturated heterocycles. The normalized spacial score (nSPS) is 18.1. The average Bonchev–Trinajstić information content (AvgIpc) is 3.46. The van der Waals surface area contributed by atoms with Crippen molar-refractivity contribution >= 4 is 23.4 Å². The van der Waals surface area contributed by atoms with Crippen LogP contribution >= 0.6 is 11.6 Å². The van der Waals surface area contributed by atoms with Gasteiger partial charge in [-0.15, -0.1) is 0 Å². The summed E-state index contributed by atoms with van der Waals surface area (Å²) in [7, 11) is 0. The number of nitrogens with one attached hydrogen (secondary N) is 2. The van der Waals surface area contributed by atoms with Gasteiger partial charge in [-0.2, -0.15) is 0 Å². The molecule has 0 unspecified atom stereocenters. The molecule has 3 rings (SSSR count). The Kier molecular flexibility index (Phi) is 7.32. The van der Waals surface area contributed by atoms with Crippen molar-refractivity contribution in [2.75, 3.05) is 52.4 Å². The summed E-state index contributed by atoms with van der Waals surface area (Å²) in [5.41, 5.74) is 0. The van der Waals surface area contributed by atoms with Gasteiger partial charge in [0.2, 0.25) is 11.8 Å². The molecule has 27 heavy (non-hydrogen) atoms. The molecule has 1 aromatic carbocycles. The molecule has 2 amide bonds. The van der Waals surface area contributed by atoms with Crippen LogP contribution in [-0.4, -0.2) is 80.1 Å². The summed E-state index contributed by atoms with van der Waals surface area (Å²) in [5, 5.41) is 6.55. The maximum absolute atomic E-state index is 12.1. The number of carbonyl (C=O) groups is 2. The number of piperazine rings is 1. The number of hydrogen-bond acceptors (Lipinski definition) is 5. The van der Waals surface area contributed by atoms with Crippen LogP contribution in [0.1, 0.15) is 12.8 Å². The van der Waals surface area contributed by atoms with Crippen molar-refractivity contribution in [2.45, 2.75) is 18.9 Å². The average molecular weight is 395 g/mol. The Morgan fingerprint density at radius 2 is 1.59 bits per heavy atom. The van der Waals surface area contributed by atoms with Crippen LogP contribution in [0.3, 0.4) is 0 Å². The van der Waals surface area contributed by atoms with Gasteiger partial charge in [-0.25, -0.2) is 0 Å². The zero-order chi connectivity index (χ0) is 19.1. The van der Waals surface area contributed by atoms with Crippen molar-refractivity contribution in [3.8, 4) is 5.75 Å². The largest absolute Gasteiger partial charge is 0.492 e. The minimum atomic E-state index is -0.00497. The molecular weight excluding hydrogens is 368 g/mol. The molecule has 8 heteroatoms. The highest BCUT2D eigenvalue weighted by Gasteiger charge is 2.25. The highest BCUT2D eigenvalue weighted by Crippen LogP contribution is 2.18. The van der Waals surface area contributed by atoms with E-state index >= 15 is 0 Å². The number of amides is 2. The number of carbonyl (C=O) groups excluding carboxylic acids is 2. The maximum atomic E-state index is 12.1. The van der Waals surface area contributed by atoms with E-state index < -0.39 is 0 Å². The first kappa shape index (κ1) is 19.9. The molecule has 2 fully saturated rings. The number of halogens is 1. The fraction of sp³-hybridized carbons (Fsp3) is 0.579. The molecule has 0 atom stereocenters. The zero-order valence-electron chi connectivity index (χ0n) is 15.5. The van der Waals surface area contributed by atoms with Crippen molar-refractivity contribution in [3.05, 3.63) is 29.3 Å². The summed E-state index contributed by atoms with van der Waals surface area (Å²) < 4.78 is 5.55. The fourth-order valence-corrected chi connectivity index (χ4v) is 3.08. The number of benzene rings is 1. The Balaban J connectivity index is 1.24. The summed E-state index contributed by atoms with van der Waals surface area (Å²) in [6.45, 7) is 4.93. The number of nitrogens with zero attached hydrogens (tertiary/aromatic N) is 2. The van der Waals surface area contributed by atoms with Crippen molar-refractivity contribution in [2.24, 2.45) is 0 Å². The van der Waals surface area contributed by atoms with Gasteiger partial charge in [0.05, 0.1) is 19.6 Å². The predicted molar refractivity (Wildman–Crippen MR) is 104 cm³/mol. The minimum Gasteiger partial charge on any atom is -0.492 e. The Hall–Kier alpha value is -1.83. The van der Waals surface area contributed by atoms with Gasteiger partial charge in [-0.1, -0.05) is 11.6 Å². The summed E-state index contributed by atoms with van der Waals surface area (Å²) >= 11 is 5.82. The lowest BCUT2D eigenvalue weighted by Crippen LogP contribution is -2.51. The second-order valence-corrected chi connectivity index (χ2v) is 7.48. The second kappa shape index (κ2) is 9.92. The van der Waals surface area contributed by atoms with Gasteiger partial charge in [0.1, 0.15) is 12.4 Å². The maximum Gasteiger partial charge on any atom is 0.234 e. The van der Waals surface area contributed by atoms with E-state index in [9.17, 15) is 9.59 Å². The SMILES string of the molecule is O=C(CN1CCN(CC(=O)NC2CC2)CC1)NCCOc1ccc(Cl)cc1. The molecule has 1 aliphatic carbocycles. The summed E-state index contributed by atoms with van der Waals surface area (Å²) in [6, 6.07) is 7.55. The highest BCUT2D eigenvalue weighted by molar-refractivity contribution is 6.30. The summed E-state index contributed by atoms with van der Waals surface area (Å²) in [6.07, 6.45) is 2.22. The minimum absolute atomic E-state index is 0.00497. The Bertz CT molecular complexity index is 628. The summed E-state index contributed by atoms with van der Waals surface area (Å²) in [5.74, 6) is 0.842. The number of rotatable bonds is 9. The third-order valence-corrected chi connectivity index (χ3v) is 4.90. The van der Waals surface area contributed by atoms with E-state index in [-0.39, 0.29) is 11.8 Å². The van der Waals surface area contributed by atoms with Gasteiger partial charge in [-0.3, -0.25) is 19.4 Å². The van der Waals surface area contributed by atoms with Crippen molar-refractivity contribution in [1.82, 2.24) is 20.4 Å². The summed E-state index contributed by atoms with van der Waals surface area (Å²) in [4.78, 5) is 28.1. The van der Waals surface area contributed by atoms with Crippen molar-refractivity contribution in [1.29, 1.82) is 0 Å². The molecule has 1 heterocycles. The lowest BCUT2D eigenvalue weighted by atomic mass is 10.3. The number of ether oxygens (including phenoxy) is 1. The van der Waals surface area contributed by atoms with Crippen LogP contribution < -0.4 is 15.4 Å². The predicted octanol–water partition coefficient (Wildman–Crippen LogP) is 0.731. The van der Waals surface area contributed by atoms with E-state index in [4.69, 9.17) is 16.3 Å². The topological polar surface area (TPSA) is 73.9 Å². The van der Waals surface area contributed by atoms with Gasteiger partial charge in [-0.05, 0) is 37.1 Å². The molecule has 1 aromatic rings. The van der Waals surface area contributed by atoms with E-state index in [1.807, 2.05) is 0 Å². The third-order valence-electron chi connectivity index (χ3n) is 4.65. The van der Waals surface area contributed by atoms with Gasteiger partial charge in [0.15, 0.2) is 0 Å². The Morgan fingerprint density at radius 3 is 2.19 bits per heavy atom. The highest BCUT2D eigenvalue weighted by atomic mass is 35.5. The van der Waals surface area contributed by atoms with E-state index in [2.05, 4.69) is 20.4 Å². The third kappa shape index (κ3) is 7.36. The standard InChI is InChI=1S/C19H27ClN4O3/c20-15-1-5-17(6-2-15)27-12-7-21-18(25)13-23-8-10-24(11-9-23)14-19(26)22-16-3-4-16/h1-2,5-6,16H,3-4,7-14H2,(H,21,25)(H,22,26). The smallest absolute Gasteiger partial charge is 0.234 e. The molecule has 2 aliphatic rings. The molecule has 7 nitrogen and oxygen atoms in total. The molecule has 0 radical (unpaired) electrons. The van der Waals surface area contributed by atoms with E-state index in [0.717, 1.165) is 44.8 Å². The molecule has 2 N–H and O–H groups in total. The van der Waals surface area contributed by atoms with E-state index in [1.165, 1.54) is 0 Å². The molecular formula is C19H27ClN4O3. The van der Waals surface area contributed by atoms with Gasteiger partial charge < -0.3 is 15.4 Å². The molecule has 1 aliphatic heterocycles. The molecule has 148 valence electrons. The van der Waals surface area contributed by atoms with Crippen LogP contribution in [0.2, 0.25) is 5.02 Å². The lowest BCUT2D eigenvalue weighted by molar-refractivity contribution is -0.125. The molecule has 0 spiro atoms. The van der Waals surface area contributed by atoms with Crippen LogP contribution in [0.25, 0.3) is 0 Å². The Morgan fingerprint density at radius 1 is 1.00 bits per heavy atom. The van der Waals surface area contributed by atoms with E-state index in [0.29, 0.717) is 37.3 Å². The Labute approximate surface area is 165 Å². The monoisotopic (exact) mass is 394 g/mol. The fourth-order valence-electron chi connectivity index (χ4n) is 2.96. The van der Waals surface area contributed by atoms with Gasteiger partial charge >= 0.3 is 0 Å².